The van der Waals surface area contributed by atoms with Gasteiger partial charge in [0.1, 0.15) is 0 Å². The highest BCUT2D eigenvalue weighted by atomic mass is 32.2. The van der Waals surface area contributed by atoms with E-state index in [4.69, 9.17) is 4.52 Å². The van der Waals surface area contributed by atoms with E-state index in [1.54, 1.807) is 0 Å². The first-order valence-electron chi connectivity index (χ1n) is 7.15. The van der Waals surface area contributed by atoms with Gasteiger partial charge in [0, 0.05) is 12.3 Å². The molecular weight excluding hydrogens is 264 g/mol. The molecule has 1 saturated heterocycles. The first-order valence-corrected chi connectivity index (χ1v) is 8.97. The van der Waals surface area contributed by atoms with Crippen molar-refractivity contribution in [1.82, 2.24) is 10.1 Å². The summed E-state index contributed by atoms with van der Waals surface area (Å²) in [7, 11) is -2.82. The summed E-state index contributed by atoms with van der Waals surface area (Å²) >= 11 is 0. The summed E-state index contributed by atoms with van der Waals surface area (Å²) in [6.45, 7) is 0. The van der Waals surface area contributed by atoms with Crippen LogP contribution in [-0.4, -0.2) is 30.1 Å². The van der Waals surface area contributed by atoms with Crippen LogP contribution in [0.2, 0.25) is 0 Å². The van der Waals surface area contributed by atoms with Crippen LogP contribution >= 0.6 is 0 Å². The van der Waals surface area contributed by atoms with Gasteiger partial charge < -0.3 is 4.52 Å². The Morgan fingerprint density at radius 2 is 1.95 bits per heavy atom. The molecule has 0 amide bonds. The van der Waals surface area contributed by atoms with Gasteiger partial charge in [0.2, 0.25) is 5.89 Å². The number of hydrogen-bond donors (Lipinski definition) is 0. The van der Waals surface area contributed by atoms with Crippen molar-refractivity contribution in [3.63, 3.8) is 0 Å². The van der Waals surface area contributed by atoms with Crippen molar-refractivity contribution < 1.29 is 12.9 Å². The van der Waals surface area contributed by atoms with Crippen LogP contribution in [0.4, 0.5) is 0 Å². The van der Waals surface area contributed by atoms with Crippen LogP contribution in [0.3, 0.4) is 0 Å². The van der Waals surface area contributed by atoms with Crippen LogP contribution < -0.4 is 0 Å². The monoisotopic (exact) mass is 284 g/mol. The molecule has 0 spiro atoms. The normalized spacial score (nSPS) is 27.7. The molecule has 1 aromatic rings. The molecule has 5 nitrogen and oxygen atoms in total. The van der Waals surface area contributed by atoms with E-state index in [0.717, 1.165) is 25.1 Å². The fourth-order valence-corrected chi connectivity index (χ4v) is 5.02. The Kier molecular flexibility index (Phi) is 3.60. The second-order valence-corrected chi connectivity index (χ2v) is 8.08. The van der Waals surface area contributed by atoms with E-state index in [9.17, 15) is 8.42 Å². The molecule has 6 heteroatoms. The lowest BCUT2D eigenvalue weighted by molar-refractivity contribution is 0.345. The average molecular weight is 284 g/mol. The van der Waals surface area contributed by atoms with Crippen LogP contribution in [0, 0.1) is 5.92 Å². The van der Waals surface area contributed by atoms with Crippen LogP contribution in [0.1, 0.15) is 56.2 Å². The van der Waals surface area contributed by atoms with Crippen molar-refractivity contribution >= 4 is 9.84 Å². The van der Waals surface area contributed by atoms with Gasteiger partial charge in [0.05, 0.1) is 11.5 Å². The van der Waals surface area contributed by atoms with Gasteiger partial charge in [0.15, 0.2) is 15.7 Å². The van der Waals surface area contributed by atoms with E-state index in [2.05, 4.69) is 10.1 Å². The molecule has 1 aliphatic carbocycles. The summed E-state index contributed by atoms with van der Waals surface area (Å²) in [6.07, 6.45) is 7.43. The third kappa shape index (κ3) is 3.16. The maximum atomic E-state index is 11.4. The van der Waals surface area contributed by atoms with Crippen LogP contribution in [-0.2, 0) is 16.3 Å². The van der Waals surface area contributed by atoms with Gasteiger partial charge in [-0.3, -0.25) is 0 Å². The van der Waals surface area contributed by atoms with E-state index in [1.807, 2.05) is 0 Å². The van der Waals surface area contributed by atoms with Gasteiger partial charge in [-0.05, 0) is 25.2 Å². The Morgan fingerprint density at radius 3 is 2.63 bits per heavy atom. The van der Waals surface area contributed by atoms with Gasteiger partial charge in [-0.2, -0.15) is 4.98 Å². The highest BCUT2D eigenvalue weighted by Crippen LogP contribution is 2.31. The molecule has 0 radical (unpaired) electrons. The quantitative estimate of drug-likeness (QED) is 0.849. The molecule has 2 heterocycles. The van der Waals surface area contributed by atoms with Crippen molar-refractivity contribution in [3.05, 3.63) is 11.7 Å². The number of nitrogens with zero attached hydrogens (tertiary/aromatic N) is 2. The predicted molar refractivity (Wildman–Crippen MR) is 70.6 cm³/mol. The Balaban J connectivity index is 1.62. The lowest BCUT2D eigenvalue weighted by Gasteiger charge is -2.17. The summed E-state index contributed by atoms with van der Waals surface area (Å²) in [5.74, 6) is 2.62. The fraction of sp³-hybridized carbons (Fsp3) is 0.846. The van der Waals surface area contributed by atoms with E-state index in [1.165, 1.54) is 19.3 Å². The average Bonchev–Trinajstić information content (AvgIpc) is 2.98. The Morgan fingerprint density at radius 1 is 1.16 bits per heavy atom. The molecule has 2 aliphatic rings. The minimum absolute atomic E-state index is 0.157. The Hall–Kier alpha value is -0.910. The molecule has 0 bridgehead atoms. The first kappa shape index (κ1) is 13.1. The molecule has 2 fully saturated rings. The number of rotatable bonds is 3. The van der Waals surface area contributed by atoms with Crippen molar-refractivity contribution in [1.29, 1.82) is 0 Å². The maximum Gasteiger partial charge on any atom is 0.226 e. The van der Waals surface area contributed by atoms with E-state index in [0.29, 0.717) is 24.0 Å². The van der Waals surface area contributed by atoms with Crippen molar-refractivity contribution in [2.75, 3.05) is 11.5 Å². The van der Waals surface area contributed by atoms with Gasteiger partial charge in [-0.25, -0.2) is 8.42 Å². The van der Waals surface area contributed by atoms with Gasteiger partial charge in [-0.1, -0.05) is 24.4 Å². The number of aromatic nitrogens is 2. The Bertz CT molecular complexity index is 532. The summed E-state index contributed by atoms with van der Waals surface area (Å²) in [5, 5.41) is 4.08. The molecule has 1 saturated carbocycles. The van der Waals surface area contributed by atoms with Crippen molar-refractivity contribution in [3.8, 4) is 0 Å². The van der Waals surface area contributed by atoms with E-state index < -0.39 is 9.84 Å². The molecule has 0 N–H and O–H groups in total. The van der Waals surface area contributed by atoms with Crippen molar-refractivity contribution in [2.45, 2.75) is 50.9 Å². The standard InChI is InChI=1S/C13H20N2O3S/c16-19(17)7-6-10(9-19)8-12-14-13(15-18-12)11-4-2-1-3-5-11/h10-11H,1-9H2. The molecule has 1 atom stereocenters. The molecule has 1 aromatic heterocycles. The van der Waals surface area contributed by atoms with Crippen LogP contribution in [0.5, 0.6) is 0 Å². The smallest absolute Gasteiger partial charge is 0.226 e. The lowest BCUT2D eigenvalue weighted by Crippen LogP contribution is -2.08. The minimum Gasteiger partial charge on any atom is -0.339 e. The highest BCUT2D eigenvalue weighted by Gasteiger charge is 2.30. The second kappa shape index (κ2) is 5.23. The zero-order valence-corrected chi connectivity index (χ0v) is 11.9. The van der Waals surface area contributed by atoms with Gasteiger partial charge in [0.25, 0.3) is 0 Å². The minimum atomic E-state index is -2.82. The summed E-state index contributed by atoms with van der Waals surface area (Å²) < 4.78 is 28.1. The lowest BCUT2D eigenvalue weighted by atomic mass is 9.89. The van der Waals surface area contributed by atoms with Crippen LogP contribution in [0.25, 0.3) is 0 Å². The summed E-state index contributed by atoms with van der Waals surface area (Å²) in [6, 6.07) is 0. The largest absolute Gasteiger partial charge is 0.339 e. The van der Waals surface area contributed by atoms with Crippen LogP contribution in [0.15, 0.2) is 4.52 Å². The van der Waals surface area contributed by atoms with Crippen molar-refractivity contribution in [2.24, 2.45) is 5.92 Å². The fourth-order valence-electron chi connectivity index (χ4n) is 3.16. The molecule has 0 aromatic carbocycles. The first-order chi connectivity index (χ1) is 9.12. The molecule has 3 rings (SSSR count). The maximum absolute atomic E-state index is 11.4. The zero-order chi connectivity index (χ0) is 13.3. The summed E-state index contributed by atoms with van der Waals surface area (Å²) in [4.78, 5) is 4.47. The SMILES string of the molecule is O=S1(=O)CCC(Cc2nc(C3CCCCC3)no2)C1. The third-order valence-corrected chi connectivity index (χ3v) is 6.08. The molecule has 1 aliphatic heterocycles. The second-order valence-electron chi connectivity index (χ2n) is 5.85. The molecule has 106 valence electrons. The topological polar surface area (TPSA) is 73.1 Å². The number of hydrogen-bond acceptors (Lipinski definition) is 5. The van der Waals surface area contributed by atoms with Gasteiger partial charge >= 0.3 is 0 Å². The Labute approximate surface area is 113 Å². The molecule has 1 unspecified atom stereocenters. The molecule has 19 heavy (non-hydrogen) atoms. The number of sulfone groups is 1. The predicted octanol–water partition coefficient (Wildman–Crippen LogP) is 2.09. The highest BCUT2D eigenvalue weighted by molar-refractivity contribution is 7.91. The van der Waals surface area contributed by atoms with E-state index in [-0.39, 0.29) is 11.7 Å². The molecular formula is C13H20N2O3S. The third-order valence-electron chi connectivity index (χ3n) is 4.24. The summed E-state index contributed by atoms with van der Waals surface area (Å²) in [5.41, 5.74) is 0. The van der Waals surface area contributed by atoms with E-state index >= 15 is 0 Å². The zero-order valence-electron chi connectivity index (χ0n) is 11.0. The van der Waals surface area contributed by atoms with Gasteiger partial charge in [-0.15, -0.1) is 0 Å².